The second kappa shape index (κ2) is 13.6. The number of methoxy groups -OCH3 is 1. The van der Waals surface area contributed by atoms with Gasteiger partial charge in [-0.3, -0.25) is 4.79 Å². The zero-order chi connectivity index (χ0) is 31.3. The van der Waals surface area contributed by atoms with Crippen molar-refractivity contribution < 1.29 is 22.6 Å². The summed E-state index contributed by atoms with van der Waals surface area (Å²) >= 11 is 5.87. The van der Waals surface area contributed by atoms with Crippen molar-refractivity contribution >= 4 is 23.2 Å². The van der Waals surface area contributed by atoms with Crippen molar-refractivity contribution in [2.75, 3.05) is 37.0 Å². The average molecular weight is 634 g/mol. The Morgan fingerprint density at radius 1 is 1.11 bits per heavy atom. The second-order valence-electron chi connectivity index (χ2n) is 10.4. The van der Waals surface area contributed by atoms with Gasteiger partial charge < -0.3 is 19.7 Å². The van der Waals surface area contributed by atoms with Crippen LogP contribution in [0.5, 0.6) is 5.75 Å². The SMILES string of the molecule is COc1ccc(Cn2ncc(NC(C)COCc3cn(C4CCN(c5ncc(Cl)cn5)CC4)nn3)c(C(F)(F)F)c2=O)cc1. The summed E-state index contributed by atoms with van der Waals surface area (Å²) in [4.78, 5) is 23.5. The molecular formula is C28H31ClF3N9O3. The summed E-state index contributed by atoms with van der Waals surface area (Å²) in [5, 5.41) is 15.6. The maximum Gasteiger partial charge on any atom is 0.423 e. The van der Waals surface area contributed by atoms with Gasteiger partial charge in [0.1, 0.15) is 17.0 Å². The Labute approximate surface area is 255 Å². The lowest BCUT2D eigenvalue weighted by molar-refractivity contribution is -0.138. The molecule has 1 saturated heterocycles. The van der Waals surface area contributed by atoms with E-state index in [9.17, 15) is 18.0 Å². The van der Waals surface area contributed by atoms with E-state index in [0.717, 1.165) is 36.8 Å². The van der Waals surface area contributed by atoms with Gasteiger partial charge in [0.25, 0.3) is 5.56 Å². The van der Waals surface area contributed by atoms with E-state index in [1.165, 1.54) is 7.11 Å². The molecule has 16 heteroatoms. The topological polar surface area (TPSA) is 125 Å². The van der Waals surface area contributed by atoms with Crippen LogP contribution in [0, 0.1) is 0 Å². The zero-order valence-corrected chi connectivity index (χ0v) is 24.8. The molecule has 1 N–H and O–H groups in total. The van der Waals surface area contributed by atoms with Crippen LogP contribution >= 0.6 is 11.6 Å². The highest BCUT2D eigenvalue weighted by Gasteiger charge is 2.38. The molecule has 0 spiro atoms. The minimum Gasteiger partial charge on any atom is -0.497 e. The van der Waals surface area contributed by atoms with Crippen molar-refractivity contribution in [3.8, 4) is 5.75 Å². The number of anilines is 2. The summed E-state index contributed by atoms with van der Waals surface area (Å²) < 4.78 is 55.3. The molecule has 4 heterocycles. The number of aromatic nitrogens is 7. The lowest BCUT2D eigenvalue weighted by Crippen LogP contribution is -2.35. The number of nitrogens with zero attached hydrogens (tertiary/aromatic N) is 8. The van der Waals surface area contributed by atoms with E-state index in [0.29, 0.717) is 28.0 Å². The normalized spacial score (nSPS) is 14.9. The van der Waals surface area contributed by atoms with Crippen LogP contribution in [0.1, 0.15) is 42.6 Å². The minimum atomic E-state index is -4.89. The lowest BCUT2D eigenvalue weighted by Gasteiger charge is -2.31. The summed E-state index contributed by atoms with van der Waals surface area (Å²) in [7, 11) is 1.51. The van der Waals surface area contributed by atoms with Crippen LogP contribution in [0.3, 0.4) is 0 Å². The number of benzene rings is 1. The Hall–Kier alpha value is -4.24. The molecule has 0 radical (unpaired) electrons. The van der Waals surface area contributed by atoms with E-state index < -0.39 is 29.0 Å². The van der Waals surface area contributed by atoms with Crippen LogP contribution < -0.4 is 20.5 Å². The summed E-state index contributed by atoms with van der Waals surface area (Å²) in [6.07, 6.45) is 2.73. The second-order valence-corrected chi connectivity index (χ2v) is 10.8. The van der Waals surface area contributed by atoms with E-state index in [1.54, 1.807) is 43.6 Å². The van der Waals surface area contributed by atoms with Crippen LogP contribution in [0.2, 0.25) is 5.02 Å². The molecule has 5 rings (SSSR count). The molecule has 1 unspecified atom stereocenters. The van der Waals surface area contributed by atoms with Gasteiger partial charge in [-0.2, -0.15) is 18.3 Å². The van der Waals surface area contributed by atoms with Gasteiger partial charge in [-0.05, 0) is 37.5 Å². The van der Waals surface area contributed by atoms with Crippen molar-refractivity contribution in [2.24, 2.45) is 0 Å². The Bertz CT molecular complexity index is 1590. The third kappa shape index (κ3) is 7.63. The first-order valence-corrected chi connectivity index (χ1v) is 14.3. The van der Waals surface area contributed by atoms with Crippen LogP contribution in [0.15, 0.2) is 53.8 Å². The molecule has 1 fully saturated rings. The molecule has 234 valence electrons. The highest BCUT2D eigenvalue weighted by Crippen LogP contribution is 2.32. The number of piperidine rings is 1. The summed E-state index contributed by atoms with van der Waals surface area (Å²) in [5.41, 5.74) is -1.77. The molecule has 0 amide bonds. The van der Waals surface area contributed by atoms with Gasteiger partial charge in [-0.1, -0.05) is 28.9 Å². The number of nitrogens with one attached hydrogen (secondary N) is 1. The third-order valence-corrected chi connectivity index (χ3v) is 7.32. The molecule has 1 atom stereocenters. The number of hydrogen-bond donors (Lipinski definition) is 1. The minimum absolute atomic E-state index is 0.0541. The maximum absolute atomic E-state index is 14.0. The highest BCUT2D eigenvalue weighted by molar-refractivity contribution is 6.30. The smallest absolute Gasteiger partial charge is 0.423 e. The zero-order valence-electron chi connectivity index (χ0n) is 24.0. The first-order valence-electron chi connectivity index (χ1n) is 13.9. The van der Waals surface area contributed by atoms with E-state index in [-0.39, 0.29) is 25.8 Å². The average Bonchev–Trinajstić information content (AvgIpc) is 3.48. The third-order valence-electron chi connectivity index (χ3n) is 7.12. The van der Waals surface area contributed by atoms with Crippen LogP contribution in [0.25, 0.3) is 0 Å². The van der Waals surface area contributed by atoms with Crippen molar-refractivity contribution in [2.45, 2.75) is 51.2 Å². The van der Waals surface area contributed by atoms with Gasteiger partial charge >= 0.3 is 6.18 Å². The van der Waals surface area contributed by atoms with Crippen molar-refractivity contribution in [3.05, 3.63) is 81.3 Å². The molecule has 0 aliphatic carbocycles. The van der Waals surface area contributed by atoms with E-state index in [4.69, 9.17) is 21.1 Å². The predicted octanol–water partition coefficient (Wildman–Crippen LogP) is 4.21. The fraction of sp³-hybridized carbons (Fsp3) is 0.429. The molecule has 1 aliphatic rings. The van der Waals surface area contributed by atoms with Crippen molar-refractivity contribution in [1.82, 2.24) is 34.7 Å². The van der Waals surface area contributed by atoms with Crippen LogP contribution in [-0.4, -0.2) is 67.6 Å². The standard InChI is InChI=1S/C28H31ClF3N9O3/c1-18(36-24-13-35-41(26(42)25(24)28(30,31)32)14-19-3-5-23(43-2)6-4-19)16-44-17-21-15-40(38-37-21)22-7-9-39(10-8-22)27-33-11-20(29)12-34-27/h3-6,11-13,15,18,22,36H,7-10,14,16-17H2,1-2H3. The maximum atomic E-state index is 14.0. The molecule has 1 aromatic carbocycles. The molecule has 12 nitrogen and oxygen atoms in total. The molecule has 0 bridgehead atoms. The quantitative estimate of drug-likeness (QED) is 0.257. The Kier molecular flexibility index (Phi) is 9.64. The summed E-state index contributed by atoms with van der Waals surface area (Å²) in [5.74, 6) is 1.23. The van der Waals surface area contributed by atoms with Gasteiger partial charge in [0.2, 0.25) is 5.95 Å². The highest BCUT2D eigenvalue weighted by atomic mass is 35.5. The van der Waals surface area contributed by atoms with E-state index in [2.05, 4.69) is 35.6 Å². The summed E-state index contributed by atoms with van der Waals surface area (Å²) in [6.45, 7) is 3.21. The number of hydrogen-bond acceptors (Lipinski definition) is 10. The largest absolute Gasteiger partial charge is 0.497 e. The fourth-order valence-corrected chi connectivity index (χ4v) is 4.99. The van der Waals surface area contributed by atoms with Gasteiger partial charge in [-0.15, -0.1) is 5.10 Å². The number of ether oxygens (including phenoxy) is 2. The van der Waals surface area contributed by atoms with Gasteiger partial charge in [0.05, 0.1) is 68.4 Å². The Morgan fingerprint density at radius 2 is 1.82 bits per heavy atom. The fourth-order valence-electron chi connectivity index (χ4n) is 4.89. The lowest BCUT2D eigenvalue weighted by atomic mass is 10.1. The molecule has 4 aromatic rings. The van der Waals surface area contributed by atoms with Crippen LogP contribution in [-0.2, 0) is 24.1 Å². The summed E-state index contributed by atoms with van der Waals surface area (Å²) in [6, 6.07) is 6.22. The monoisotopic (exact) mass is 633 g/mol. The molecule has 1 aliphatic heterocycles. The number of halogens is 4. The van der Waals surface area contributed by atoms with E-state index >= 15 is 0 Å². The van der Waals surface area contributed by atoms with Crippen molar-refractivity contribution in [3.63, 3.8) is 0 Å². The van der Waals surface area contributed by atoms with Crippen LogP contribution in [0.4, 0.5) is 24.8 Å². The Balaban J connectivity index is 1.14. The predicted molar refractivity (Wildman–Crippen MR) is 156 cm³/mol. The number of alkyl halides is 3. The first kappa shape index (κ1) is 31.2. The molecular weight excluding hydrogens is 603 g/mol. The van der Waals surface area contributed by atoms with Gasteiger partial charge in [0.15, 0.2) is 0 Å². The van der Waals surface area contributed by atoms with Gasteiger partial charge in [0, 0.05) is 19.1 Å². The number of rotatable bonds is 11. The molecule has 44 heavy (non-hydrogen) atoms. The van der Waals surface area contributed by atoms with Crippen molar-refractivity contribution in [1.29, 1.82) is 0 Å². The van der Waals surface area contributed by atoms with E-state index in [1.807, 2.05) is 10.9 Å². The Morgan fingerprint density at radius 3 is 2.48 bits per heavy atom. The molecule has 3 aromatic heterocycles. The first-order chi connectivity index (χ1) is 21.1. The van der Waals surface area contributed by atoms with Gasteiger partial charge in [-0.25, -0.2) is 19.3 Å². The molecule has 0 saturated carbocycles.